The third kappa shape index (κ3) is 783. The molecule has 0 amide bonds. The Hall–Kier alpha value is 0.397. The summed E-state index contributed by atoms with van der Waals surface area (Å²) >= 11 is 0. The first-order valence-electron chi connectivity index (χ1n) is 0. The van der Waals surface area contributed by atoms with Crippen molar-refractivity contribution in [3.05, 3.63) is 7.43 Å². The third-order valence-corrected chi connectivity index (χ3v) is 0. The molecule has 0 unspecified atom stereocenters. The van der Waals surface area contributed by atoms with Gasteiger partial charge in [0.2, 0.25) is 0 Å². The smallest absolute Gasteiger partial charge is 0.870 e. The predicted molar refractivity (Wildman–Crippen MR) is 12.9 cm³/mol. The van der Waals surface area contributed by atoms with Gasteiger partial charge in [-0.25, -0.2) is 0 Å². The topological polar surface area (TPSA) is 150 Å². The van der Waals surface area contributed by atoms with Crippen molar-refractivity contribution in [3.63, 3.8) is 0 Å². The molecule has 0 aliphatic rings. The molecule has 0 spiro atoms. The summed E-state index contributed by atoms with van der Waals surface area (Å²) in [5, 5.41) is 0. The average molecular weight is 104 g/mol. The summed E-state index contributed by atoms with van der Waals surface area (Å²) in [4.78, 5) is 0. The van der Waals surface area contributed by atoms with E-state index in [0.29, 0.717) is 0 Å². The van der Waals surface area contributed by atoms with Gasteiger partial charge in [-0.05, 0) is 0 Å². The predicted octanol–water partition coefficient (Wildman–Crippen LogP) is -3.80. The zero-order valence-corrected chi connectivity index (χ0v) is 3.74. The van der Waals surface area contributed by atoms with Gasteiger partial charge in [-0.2, -0.15) is 0 Å². The van der Waals surface area contributed by atoms with Crippen LogP contribution >= 0.6 is 0 Å². The van der Waals surface area contributed by atoms with Crippen LogP contribution in [-0.4, -0.2) is 27.4 Å². The Morgan fingerprint density at radius 1 is 0.429 bits per heavy atom. The van der Waals surface area contributed by atoms with Crippen LogP contribution in [0.1, 0.15) is 0 Å². The molecule has 0 saturated carbocycles. The average Bonchev–Trinajstić information content (AvgIpc) is 0. The molecule has 0 radical (unpaired) electrons. The third-order valence-electron chi connectivity index (χ3n) is 0. The maximum absolute atomic E-state index is 0. The van der Waals surface area contributed by atoms with Crippen molar-refractivity contribution in [2.45, 2.75) is 0 Å². The van der Waals surface area contributed by atoms with E-state index in [1.54, 1.807) is 0 Å². The van der Waals surface area contributed by atoms with Crippen LogP contribution in [0.2, 0.25) is 0 Å². The minimum Gasteiger partial charge on any atom is -0.870 e. The van der Waals surface area contributed by atoms with Crippen LogP contribution < -0.4 is 18.9 Å². The van der Waals surface area contributed by atoms with Crippen LogP contribution in [0.5, 0.6) is 0 Å². The molecule has 6 heteroatoms. The maximum atomic E-state index is 0. The molecular formula is CH5LiO5. The van der Waals surface area contributed by atoms with E-state index in [0.717, 1.165) is 0 Å². The van der Waals surface area contributed by atoms with Gasteiger partial charge in [0.15, 0.2) is 0 Å². The summed E-state index contributed by atoms with van der Waals surface area (Å²) in [6, 6.07) is 0. The van der Waals surface area contributed by atoms with Crippen molar-refractivity contribution < 1.29 is 46.2 Å². The largest absolute Gasteiger partial charge is 4.00 e. The molecule has 0 aromatic carbocycles. The normalized spacial score (nSPS) is 0. The second-order valence-corrected chi connectivity index (χ2v) is 0. The fourth-order valence-corrected chi connectivity index (χ4v) is 0. The summed E-state index contributed by atoms with van der Waals surface area (Å²) < 4.78 is 0. The Bertz CT molecular complexity index is 8.04. The molecule has 5 N–H and O–H groups in total. The van der Waals surface area contributed by atoms with E-state index < -0.39 is 0 Å². The van der Waals surface area contributed by atoms with E-state index in [9.17, 15) is 0 Å². The summed E-state index contributed by atoms with van der Waals surface area (Å²) in [7, 11) is 0. The van der Waals surface area contributed by atoms with E-state index in [1.165, 1.54) is 0 Å². The van der Waals surface area contributed by atoms with E-state index >= 15 is 0 Å². The molecule has 0 aromatic rings. The minimum atomic E-state index is 0. The molecule has 0 fully saturated rings. The van der Waals surface area contributed by atoms with E-state index in [1.807, 2.05) is 0 Å². The van der Waals surface area contributed by atoms with Gasteiger partial charge in [0.1, 0.15) is 0 Å². The molecule has 7 heavy (non-hydrogen) atoms. The Morgan fingerprint density at radius 3 is 0.429 bits per heavy atom. The first kappa shape index (κ1) is 1920. The molecule has 0 heterocycles. The van der Waals surface area contributed by atoms with Crippen molar-refractivity contribution >= 4 is 0 Å². The Kier molecular flexibility index (Phi) is 323000. The molecule has 0 saturated heterocycles. The van der Waals surface area contributed by atoms with Gasteiger partial charge >= 0.3 is 26.3 Å². The van der Waals surface area contributed by atoms with Gasteiger partial charge < -0.3 is 27.4 Å². The van der Waals surface area contributed by atoms with Crippen molar-refractivity contribution in [1.29, 1.82) is 0 Å². The first-order chi connectivity index (χ1) is 0. The van der Waals surface area contributed by atoms with E-state index in [-0.39, 0.29) is 53.7 Å². The number of hydrogen-bond donors (Lipinski definition) is 0. The van der Waals surface area contributed by atoms with Crippen molar-refractivity contribution in [1.82, 2.24) is 0 Å². The van der Waals surface area contributed by atoms with Crippen molar-refractivity contribution in [3.8, 4) is 0 Å². The molecule has 0 aromatic heterocycles. The van der Waals surface area contributed by atoms with Gasteiger partial charge in [0.05, 0.1) is 0 Å². The summed E-state index contributed by atoms with van der Waals surface area (Å²) in [5.74, 6) is 0. The van der Waals surface area contributed by atoms with Crippen LogP contribution in [0.4, 0.5) is 0 Å². The molecule has 0 aliphatic carbocycles. The molecule has 0 aliphatic heterocycles. The molecule has 40 valence electrons. The second kappa shape index (κ2) is 1180. The SMILES string of the molecule is [C+4].[Li+].[OH-].[OH-].[OH-].[OH-].[OH-]. The molecule has 0 bridgehead atoms. The fraction of sp³-hybridized carbons (Fsp3) is 0. The number of rotatable bonds is 0. The molecule has 0 rings (SSSR count). The molecular weight excluding hydrogens is 98.9 g/mol. The van der Waals surface area contributed by atoms with E-state index in [4.69, 9.17) is 0 Å². The molecule has 0 atom stereocenters. The Labute approximate surface area is 54.4 Å². The first-order valence-corrected chi connectivity index (χ1v) is 0. The molecule has 5 nitrogen and oxygen atoms in total. The summed E-state index contributed by atoms with van der Waals surface area (Å²) in [6.07, 6.45) is 0. The minimum absolute atomic E-state index is 0. The second-order valence-electron chi connectivity index (χ2n) is 0. The Balaban J connectivity index is 0. The standard InChI is InChI=1S/C.Li.5H2O/h;;5*1H2/q+4;+1;;;;;/p-5. The van der Waals surface area contributed by atoms with Gasteiger partial charge in [0, 0.05) is 0 Å². The van der Waals surface area contributed by atoms with E-state index in [2.05, 4.69) is 0 Å². The van der Waals surface area contributed by atoms with Crippen molar-refractivity contribution in [2.24, 2.45) is 0 Å². The van der Waals surface area contributed by atoms with Gasteiger partial charge in [0.25, 0.3) is 0 Å². The maximum Gasteiger partial charge on any atom is 4.00 e. The van der Waals surface area contributed by atoms with Crippen LogP contribution in [-0.2, 0) is 0 Å². The van der Waals surface area contributed by atoms with Crippen LogP contribution in [0.15, 0.2) is 0 Å². The zero-order chi connectivity index (χ0) is 0. The summed E-state index contributed by atoms with van der Waals surface area (Å²) in [5.41, 5.74) is 0. The van der Waals surface area contributed by atoms with Crippen molar-refractivity contribution in [2.75, 3.05) is 0 Å². The monoisotopic (exact) mass is 104 g/mol. The van der Waals surface area contributed by atoms with Gasteiger partial charge in [-0.3, -0.25) is 0 Å². The van der Waals surface area contributed by atoms with Gasteiger partial charge in [-0.1, -0.05) is 0 Å². The van der Waals surface area contributed by atoms with Crippen LogP contribution in [0.25, 0.3) is 0 Å². The Morgan fingerprint density at radius 2 is 0.429 bits per heavy atom. The van der Waals surface area contributed by atoms with Gasteiger partial charge in [-0.15, -0.1) is 0 Å². The fourth-order valence-electron chi connectivity index (χ4n) is 0. The summed E-state index contributed by atoms with van der Waals surface area (Å²) in [6.45, 7) is 0. The quantitative estimate of drug-likeness (QED) is 0.288. The number of hydrogen-bond acceptors (Lipinski definition) is 5. The van der Waals surface area contributed by atoms with Crippen LogP contribution in [0, 0.1) is 7.43 Å². The zero-order valence-electron chi connectivity index (χ0n) is 3.74. The van der Waals surface area contributed by atoms with Crippen LogP contribution in [0.3, 0.4) is 0 Å².